The van der Waals surface area contributed by atoms with Crippen LogP contribution in [-0.2, 0) is 20.9 Å². The average Bonchev–Trinajstić information content (AvgIpc) is 2.45. The van der Waals surface area contributed by atoms with Crippen molar-refractivity contribution < 1.29 is 58.9 Å². The maximum Gasteiger partial charge on any atom is 1.00 e. The van der Waals surface area contributed by atoms with Gasteiger partial charge < -0.3 is 25.1 Å². The Hall–Kier alpha value is -1.41. The molecule has 8 heteroatoms. The minimum Gasteiger partial charge on any atom is -0.542 e. The molecule has 0 aliphatic heterocycles. The molecule has 1 aromatic rings. The molecule has 1 rings (SSSR count). The molecule has 0 aliphatic rings. The quantitative estimate of drug-likeness (QED) is 0.396. The van der Waals surface area contributed by atoms with Crippen LogP contribution in [0.2, 0.25) is 0 Å². The van der Waals surface area contributed by atoms with E-state index in [-0.39, 0.29) is 36.2 Å². The van der Waals surface area contributed by atoms with Crippen LogP contribution in [0, 0.1) is 0 Å². The zero-order valence-electron chi connectivity index (χ0n) is 12.4. The second-order valence-corrected chi connectivity index (χ2v) is 4.48. The molecule has 1 unspecified atom stereocenters. The molecule has 22 heavy (non-hydrogen) atoms. The van der Waals surface area contributed by atoms with Crippen LogP contribution in [0.15, 0.2) is 30.3 Å². The van der Waals surface area contributed by atoms with Crippen LogP contribution in [0.1, 0.15) is 18.9 Å². The summed E-state index contributed by atoms with van der Waals surface area (Å²) in [5.74, 6) is -3.10. The number of nitrogens with one attached hydrogen (secondary N) is 1. The molecule has 7 nitrogen and oxygen atoms in total. The van der Waals surface area contributed by atoms with E-state index in [2.05, 4.69) is 5.32 Å². The molecule has 0 heterocycles. The number of Topliss-reactive ketones (excluding diaryl/α,β-unsaturated/α-hetero) is 1. The Balaban J connectivity index is 0.00000441. The Morgan fingerprint density at radius 2 is 1.86 bits per heavy atom. The Labute approximate surface area is 150 Å². The number of aliphatic carboxylic acids is 1. The largest absolute Gasteiger partial charge is 1.00 e. The van der Waals surface area contributed by atoms with Crippen LogP contribution in [-0.4, -0.2) is 35.1 Å². The molecule has 1 amide bonds. The number of hydrogen-bond acceptors (Lipinski definition) is 6. The van der Waals surface area contributed by atoms with Crippen LogP contribution in [0.3, 0.4) is 0 Å². The molecule has 114 valence electrons. The second kappa shape index (κ2) is 10.3. The van der Waals surface area contributed by atoms with Gasteiger partial charge in [-0.2, -0.15) is 0 Å². The first kappa shape index (κ1) is 20.6. The van der Waals surface area contributed by atoms with Gasteiger partial charge in [-0.05, 0) is 12.5 Å². The number of ketones is 1. The van der Waals surface area contributed by atoms with Crippen molar-refractivity contribution in [2.24, 2.45) is 0 Å². The summed E-state index contributed by atoms with van der Waals surface area (Å²) in [6, 6.07) is 8.16. The van der Waals surface area contributed by atoms with E-state index in [0.717, 1.165) is 5.56 Å². The summed E-state index contributed by atoms with van der Waals surface area (Å²) in [5, 5.41) is 22.2. The van der Waals surface area contributed by atoms with Crippen LogP contribution in [0.25, 0.3) is 0 Å². The number of carboxylic acid groups (broad SMARTS) is 1. The Kier molecular flexibility index (Phi) is 9.68. The van der Waals surface area contributed by atoms with Gasteiger partial charge >= 0.3 is 35.7 Å². The molecule has 0 aliphatic carbocycles. The van der Waals surface area contributed by atoms with Crippen LogP contribution in [0.4, 0.5) is 4.79 Å². The fourth-order valence-corrected chi connectivity index (χ4v) is 1.50. The fourth-order valence-electron chi connectivity index (χ4n) is 1.50. The molecule has 2 atom stereocenters. The summed E-state index contributed by atoms with van der Waals surface area (Å²) in [6.45, 7) is 1.49. The number of amides is 1. The van der Waals surface area contributed by atoms with E-state index in [9.17, 15) is 24.6 Å². The van der Waals surface area contributed by atoms with Gasteiger partial charge in [0.05, 0.1) is 12.1 Å². The summed E-state index contributed by atoms with van der Waals surface area (Å²) in [4.78, 5) is 32.6. The number of benzene rings is 1. The Morgan fingerprint density at radius 3 is 2.41 bits per heavy atom. The van der Waals surface area contributed by atoms with E-state index in [4.69, 9.17) is 4.74 Å². The monoisotopic (exact) mass is 317 g/mol. The van der Waals surface area contributed by atoms with E-state index in [0.29, 0.717) is 0 Å². The topological polar surface area (TPSA) is 116 Å². The van der Waals surface area contributed by atoms with Gasteiger partial charge in [0.2, 0.25) is 0 Å². The molecule has 0 aromatic heterocycles. The Bertz CT molecular complexity index is 507. The van der Waals surface area contributed by atoms with E-state index < -0.39 is 36.4 Å². The number of alkyl carbamates (subject to hydrolysis) is 1. The summed E-state index contributed by atoms with van der Waals surface area (Å²) in [6.07, 6.45) is -2.74. The average molecular weight is 317 g/mol. The van der Waals surface area contributed by atoms with Gasteiger partial charge in [0.15, 0.2) is 5.78 Å². The third-order valence-corrected chi connectivity index (χ3v) is 2.76. The number of carbonyl (C=O) groups is 3. The van der Waals surface area contributed by atoms with E-state index in [1.165, 1.54) is 6.92 Å². The van der Waals surface area contributed by atoms with E-state index >= 15 is 0 Å². The van der Waals surface area contributed by atoms with Crippen molar-refractivity contribution in [2.45, 2.75) is 32.1 Å². The van der Waals surface area contributed by atoms with Gasteiger partial charge in [-0.1, -0.05) is 30.3 Å². The number of aliphatic hydroxyl groups is 1. The fraction of sp³-hybridized carbons (Fsp3) is 0.357. The summed E-state index contributed by atoms with van der Waals surface area (Å²) >= 11 is 0. The molecule has 0 saturated heterocycles. The smallest absolute Gasteiger partial charge is 0.542 e. The minimum absolute atomic E-state index is 0. The van der Waals surface area contributed by atoms with Crippen molar-refractivity contribution in [3.63, 3.8) is 0 Å². The SMILES string of the molecule is C[C@H](NC(=O)OCc1ccccc1)C(O)CC(=O)C(=O)[O-].[Na+]. The van der Waals surface area contributed by atoms with Gasteiger partial charge in [0.1, 0.15) is 12.6 Å². The molecule has 0 spiro atoms. The maximum atomic E-state index is 11.5. The van der Waals surface area contributed by atoms with Gasteiger partial charge in [0.25, 0.3) is 0 Å². The van der Waals surface area contributed by atoms with Crippen LogP contribution < -0.4 is 40.0 Å². The molecule has 0 saturated carbocycles. The van der Waals surface area contributed by atoms with Crippen molar-refractivity contribution in [1.82, 2.24) is 5.32 Å². The summed E-state index contributed by atoms with van der Waals surface area (Å²) in [7, 11) is 0. The van der Waals surface area contributed by atoms with Crippen LogP contribution in [0.5, 0.6) is 0 Å². The van der Waals surface area contributed by atoms with Crippen molar-refractivity contribution in [2.75, 3.05) is 0 Å². The first-order valence-electron chi connectivity index (χ1n) is 6.29. The maximum absolute atomic E-state index is 11.5. The van der Waals surface area contributed by atoms with Gasteiger partial charge in [-0.3, -0.25) is 4.79 Å². The minimum atomic E-state index is -1.87. The van der Waals surface area contributed by atoms with Gasteiger partial charge in [0, 0.05) is 6.42 Å². The first-order valence-corrected chi connectivity index (χ1v) is 6.29. The van der Waals surface area contributed by atoms with Gasteiger partial charge in [-0.25, -0.2) is 4.79 Å². The summed E-state index contributed by atoms with van der Waals surface area (Å²) in [5.41, 5.74) is 0.799. The Morgan fingerprint density at radius 1 is 1.27 bits per heavy atom. The van der Waals surface area contributed by atoms with Crippen LogP contribution >= 0.6 is 0 Å². The van der Waals surface area contributed by atoms with Crippen molar-refractivity contribution >= 4 is 17.8 Å². The first-order chi connectivity index (χ1) is 9.90. The predicted octanol–water partition coefficient (Wildman–Crippen LogP) is -3.62. The zero-order valence-corrected chi connectivity index (χ0v) is 14.4. The molecule has 1 aromatic carbocycles. The third kappa shape index (κ3) is 7.56. The molecule has 0 bridgehead atoms. The normalized spacial score (nSPS) is 12.5. The van der Waals surface area contributed by atoms with Crippen molar-refractivity contribution in [1.29, 1.82) is 0 Å². The van der Waals surface area contributed by atoms with E-state index in [1.807, 2.05) is 6.07 Å². The number of hydrogen-bond donors (Lipinski definition) is 2. The number of ether oxygens (including phenoxy) is 1. The third-order valence-electron chi connectivity index (χ3n) is 2.76. The number of carbonyl (C=O) groups excluding carboxylic acids is 3. The standard InChI is InChI=1S/C14H17NO6.Na/c1-9(11(16)7-12(17)13(18)19)15-14(20)21-8-10-5-3-2-4-6-10;/h2-6,9,11,16H,7-8H2,1H3,(H,15,20)(H,18,19);/q;+1/p-1/t9-,11?;/m0./s1. The molecule has 2 N–H and O–H groups in total. The van der Waals surface area contributed by atoms with Crippen molar-refractivity contribution in [3.05, 3.63) is 35.9 Å². The molecular weight excluding hydrogens is 301 g/mol. The summed E-state index contributed by atoms with van der Waals surface area (Å²) < 4.78 is 4.93. The van der Waals surface area contributed by atoms with Crippen molar-refractivity contribution in [3.8, 4) is 0 Å². The second-order valence-electron chi connectivity index (χ2n) is 4.48. The number of carboxylic acids is 1. The zero-order chi connectivity index (χ0) is 15.8. The van der Waals surface area contributed by atoms with Gasteiger partial charge in [-0.15, -0.1) is 0 Å². The molecule has 0 radical (unpaired) electrons. The predicted molar refractivity (Wildman–Crippen MR) is 69.9 cm³/mol. The number of aliphatic hydroxyl groups excluding tert-OH is 1. The molecular formula is C14H16NNaO6. The van der Waals surface area contributed by atoms with E-state index in [1.54, 1.807) is 24.3 Å². The molecule has 0 fully saturated rings. The number of rotatable bonds is 7.